The lowest BCUT2D eigenvalue weighted by Gasteiger charge is -2.35. The second-order valence-corrected chi connectivity index (χ2v) is 5.64. The summed E-state index contributed by atoms with van der Waals surface area (Å²) in [6, 6.07) is 6.92. The van der Waals surface area contributed by atoms with Gasteiger partial charge in [0.25, 0.3) is 0 Å². The quantitative estimate of drug-likeness (QED) is 0.865. The van der Waals surface area contributed by atoms with Crippen LogP contribution in [-0.2, 0) is 14.8 Å². The summed E-state index contributed by atoms with van der Waals surface area (Å²) in [4.78, 5) is 0.245. The molecule has 0 atom stereocenters. The van der Waals surface area contributed by atoms with Gasteiger partial charge in [0.1, 0.15) is 0 Å². The second-order valence-electron chi connectivity index (χ2n) is 4.11. The van der Waals surface area contributed by atoms with Gasteiger partial charge in [-0.3, -0.25) is 0 Å². The second kappa shape index (κ2) is 4.16. The van der Waals surface area contributed by atoms with Gasteiger partial charge in [0, 0.05) is 7.11 Å². The van der Waals surface area contributed by atoms with E-state index in [0.717, 1.165) is 18.4 Å². The summed E-state index contributed by atoms with van der Waals surface area (Å²) in [6.45, 7) is 0. The molecule has 1 saturated carbocycles. The van der Waals surface area contributed by atoms with Gasteiger partial charge in [0.2, 0.25) is 10.0 Å². The lowest BCUT2D eigenvalue weighted by atomic mass is 9.77. The third-order valence-corrected chi connectivity index (χ3v) is 4.08. The topological polar surface area (TPSA) is 69.4 Å². The Labute approximate surface area is 95.5 Å². The van der Waals surface area contributed by atoms with Crippen LogP contribution in [0.2, 0.25) is 0 Å². The van der Waals surface area contributed by atoms with E-state index in [-0.39, 0.29) is 16.9 Å². The number of rotatable bonds is 3. The first-order valence-electron chi connectivity index (χ1n) is 5.17. The van der Waals surface area contributed by atoms with E-state index in [1.54, 1.807) is 19.2 Å². The molecule has 2 rings (SSSR count). The van der Waals surface area contributed by atoms with Crippen LogP contribution < -0.4 is 5.14 Å². The van der Waals surface area contributed by atoms with E-state index in [4.69, 9.17) is 9.88 Å². The summed E-state index contributed by atoms with van der Waals surface area (Å²) in [5, 5.41) is 5.18. The van der Waals surface area contributed by atoms with E-state index in [2.05, 4.69) is 0 Å². The lowest BCUT2D eigenvalue weighted by Crippen LogP contribution is -2.30. The fraction of sp³-hybridized carbons (Fsp3) is 0.455. The molecule has 0 spiro atoms. The van der Waals surface area contributed by atoms with E-state index < -0.39 is 10.0 Å². The van der Waals surface area contributed by atoms with Crippen molar-refractivity contribution in [2.75, 3.05) is 7.11 Å². The van der Waals surface area contributed by atoms with Gasteiger partial charge in [-0.25, -0.2) is 13.6 Å². The molecule has 1 aromatic carbocycles. The molecule has 1 fully saturated rings. The standard InChI is InChI=1S/C11H15NO3S/c1-15-9-6-8(7-9)10-4-2-3-5-11(10)16(12,13)14/h2-5,8-9H,6-7H2,1H3,(H2,12,13,14). The van der Waals surface area contributed by atoms with Gasteiger partial charge in [0.05, 0.1) is 11.0 Å². The first-order valence-corrected chi connectivity index (χ1v) is 6.71. The molecule has 0 unspecified atom stereocenters. The van der Waals surface area contributed by atoms with Crippen molar-refractivity contribution in [3.05, 3.63) is 29.8 Å². The molecule has 1 aromatic rings. The smallest absolute Gasteiger partial charge is 0.238 e. The minimum absolute atomic E-state index is 0.245. The van der Waals surface area contributed by atoms with Crippen LogP contribution in [0.4, 0.5) is 0 Å². The van der Waals surface area contributed by atoms with Gasteiger partial charge in [-0.2, -0.15) is 0 Å². The molecule has 0 bridgehead atoms. The van der Waals surface area contributed by atoms with Crippen molar-refractivity contribution in [1.29, 1.82) is 0 Å². The predicted molar refractivity (Wildman–Crippen MR) is 60.6 cm³/mol. The minimum Gasteiger partial charge on any atom is -0.381 e. The van der Waals surface area contributed by atoms with Crippen molar-refractivity contribution in [2.45, 2.75) is 29.8 Å². The molecular weight excluding hydrogens is 226 g/mol. The molecule has 16 heavy (non-hydrogen) atoms. The Hall–Kier alpha value is -0.910. The third kappa shape index (κ3) is 2.11. The maximum absolute atomic E-state index is 11.4. The van der Waals surface area contributed by atoms with Crippen molar-refractivity contribution in [2.24, 2.45) is 5.14 Å². The van der Waals surface area contributed by atoms with Crippen LogP contribution in [0.25, 0.3) is 0 Å². The minimum atomic E-state index is -3.62. The Morgan fingerprint density at radius 1 is 1.31 bits per heavy atom. The molecule has 0 radical (unpaired) electrons. The summed E-state index contributed by atoms with van der Waals surface area (Å²) >= 11 is 0. The highest BCUT2D eigenvalue weighted by molar-refractivity contribution is 7.89. The maximum Gasteiger partial charge on any atom is 0.238 e. The number of methoxy groups -OCH3 is 1. The number of sulfonamides is 1. The Kier molecular flexibility index (Phi) is 3.01. The largest absolute Gasteiger partial charge is 0.381 e. The molecule has 88 valence electrons. The third-order valence-electron chi connectivity index (χ3n) is 3.09. The molecule has 0 aliphatic heterocycles. The summed E-state index contributed by atoms with van der Waals surface area (Å²) in [5.41, 5.74) is 0.818. The van der Waals surface area contributed by atoms with Crippen molar-refractivity contribution in [3.63, 3.8) is 0 Å². The number of ether oxygens (including phenoxy) is 1. The monoisotopic (exact) mass is 241 g/mol. The highest BCUT2D eigenvalue weighted by Gasteiger charge is 2.33. The first kappa shape index (κ1) is 11.6. The van der Waals surface area contributed by atoms with Gasteiger partial charge in [0.15, 0.2) is 0 Å². The van der Waals surface area contributed by atoms with Crippen LogP contribution in [0, 0.1) is 0 Å². The average Bonchev–Trinajstić information content (AvgIpc) is 2.15. The van der Waals surface area contributed by atoms with Gasteiger partial charge in [-0.15, -0.1) is 0 Å². The molecule has 0 amide bonds. The fourth-order valence-electron chi connectivity index (χ4n) is 2.09. The Morgan fingerprint density at radius 2 is 1.94 bits per heavy atom. The van der Waals surface area contributed by atoms with Gasteiger partial charge in [-0.1, -0.05) is 18.2 Å². The number of benzene rings is 1. The Balaban J connectivity index is 2.29. The lowest BCUT2D eigenvalue weighted by molar-refractivity contribution is 0.0251. The van der Waals surface area contributed by atoms with Crippen LogP contribution in [0.1, 0.15) is 24.3 Å². The first-order chi connectivity index (χ1) is 7.52. The van der Waals surface area contributed by atoms with E-state index in [1.165, 1.54) is 0 Å². The average molecular weight is 241 g/mol. The van der Waals surface area contributed by atoms with E-state index in [1.807, 2.05) is 12.1 Å². The van der Waals surface area contributed by atoms with Crippen LogP contribution in [0.5, 0.6) is 0 Å². The Morgan fingerprint density at radius 3 is 2.50 bits per heavy atom. The molecular formula is C11H15NO3S. The van der Waals surface area contributed by atoms with Crippen LogP contribution >= 0.6 is 0 Å². The molecule has 1 aliphatic carbocycles. The highest BCUT2D eigenvalue weighted by Crippen LogP contribution is 2.40. The van der Waals surface area contributed by atoms with Gasteiger partial charge >= 0.3 is 0 Å². The number of primary sulfonamides is 1. The zero-order valence-corrected chi connectivity index (χ0v) is 9.91. The number of hydrogen-bond donors (Lipinski definition) is 1. The van der Waals surface area contributed by atoms with Crippen molar-refractivity contribution in [3.8, 4) is 0 Å². The molecule has 2 N–H and O–H groups in total. The number of nitrogens with two attached hydrogens (primary N) is 1. The SMILES string of the molecule is COC1CC(c2ccccc2S(N)(=O)=O)C1. The molecule has 0 aromatic heterocycles. The zero-order chi connectivity index (χ0) is 11.8. The van der Waals surface area contributed by atoms with Crippen molar-refractivity contribution in [1.82, 2.24) is 0 Å². The maximum atomic E-state index is 11.4. The van der Waals surface area contributed by atoms with Crippen molar-refractivity contribution < 1.29 is 13.2 Å². The van der Waals surface area contributed by atoms with E-state index >= 15 is 0 Å². The van der Waals surface area contributed by atoms with Crippen molar-refractivity contribution >= 4 is 10.0 Å². The van der Waals surface area contributed by atoms with Crippen LogP contribution in [-0.4, -0.2) is 21.6 Å². The number of hydrogen-bond acceptors (Lipinski definition) is 3. The summed E-state index contributed by atoms with van der Waals surface area (Å²) in [7, 11) is -1.95. The van der Waals surface area contributed by atoms with E-state index in [0.29, 0.717) is 0 Å². The summed E-state index contributed by atoms with van der Waals surface area (Å²) in [6.07, 6.45) is 1.98. The predicted octanol–water partition coefficient (Wildman–Crippen LogP) is 1.23. The normalized spacial score (nSPS) is 25.1. The summed E-state index contributed by atoms with van der Waals surface area (Å²) < 4.78 is 28.0. The molecule has 4 nitrogen and oxygen atoms in total. The Bertz CT molecular complexity index is 478. The van der Waals surface area contributed by atoms with Crippen LogP contribution in [0.15, 0.2) is 29.2 Å². The van der Waals surface area contributed by atoms with Crippen LogP contribution in [0.3, 0.4) is 0 Å². The van der Waals surface area contributed by atoms with Gasteiger partial charge in [-0.05, 0) is 30.4 Å². The summed E-state index contributed by atoms with van der Waals surface area (Å²) in [5.74, 6) is 0.250. The fourth-order valence-corrected chi connectivity index (χ4v) is 2.92. The molecule has 5 heteroatoms. The molecule has 1 aliphatic rings. The zero-order valence-electron chi connectivity index (χ0n) is 9.09. The van der Waals surface area contributed by atoms with Gasteiger partial charge < -0.3 is 4.74 Å². The molecule has 0 heterocycles. The molecule has 0 saturated heterocycles. The van der Waals surface area contributed by atoms with E-state index in [9.17, 15) is 8.42 Å². The highest BCUT2D eigenvalue weighted by atomic mass is 32.2.